The highest BCUT2D eigenvalue weighted by atomic mass is 32.2. The van der Waals surface area contributed by atoms with Crippen LogP contribution in [0.25, 0.3) is 11.8 Å². The number of benzene rings is 2. The lowest BCUT2D eigenvalue weighted by atomic mass is 10.2. The fraction of sp³-hybridized carbons (Fsp3) is 0.160. The molecule has 1 aliphatic rings. The SMILES string of the molecule is Cc1cc(/C=C2\SC(=O)N(CC(=O)Nc3ccccc3)C2=O)c(C)n1-c1cccc(C(F)(F)F)c1. The zero-order valence-electron chi connectivity index (χ0n) is 18.7. The number of alkyl halides is 3. The van der Waals surface area contributed by atoms with E-state index in [1.165, 1.54) is 12.1 Å². The van der Waals surface area contributed by atoms with Gasteiger partial charge in [-0.3, -0.25) is 19.3 Å². The summed E-state index contributed by atoms with van der Waals surface area (Å²) in [6, 6.07) is 15.3. The standard InChI is InChI=1S/C25H20F3N3O3S/c1-15-11-17(16(2)31(15)20-10-6-7-18(13-20)25(26,27)28)12-21-23(33)30(24(34)35-21)14-22(32)29-19-8-4-3-5-9-19/h3-13H,14H2,1-2H3,(H,29,32)/b21-12-. The van der Waals surface area contributed by atoms with Crippen LogP contribution in [0.3, 0.4) is 0 Å². The molecule has 0 radical (unpaired) electrons. The number of aromatic nitrogens is 1. The summed E-state index contributed by atoms with van der Waals surface area (Å²) in [5, 5.41) is 2.06. The fourth-order valence-corrected chi connectivity index (χ4v) is 4.62. The van der Waals surface area contributed by atoms with Crippen LogP contribution >= 0.6 is 11.8 Å². The Morgan fingerprint density at radius 3 is 2.43 bits per heavy atom. The molecule has 0 spiro atoms. The first kappa shape index (κ1) is 24.3. The Hall–Kier alpha value is -3.79. The number of thioether (sulfide) groups is 1. The molecule has 0 unspecified atom stereocenters. The number of amides is 3. The molecule has 1 saturated heterocycles. The van der Waals surface area contributed by atoms with Gasteiger partial charge >= 0.3 is 6.18 Å². The third-order valence-electron chi connectivity index (χ3n) is 5.42. The first-order valence-corrected chi connectivity index (χ1v) is 11.3. The van der Waals surface area contributed by atoms with Crippen LogP contribution in [0, 0.1) is 13.8 Å². The van der Waals surface area contributed by atoms with Crippen LogP contribution in [0.1, 0.15) is 22.5 Å². The van der Waals surface area contributed by atoms with E-state index in [0.29, 0.717) is 40.1 Å². The lowest BCUT2D eigenvalue weighted by molar-refractivity contribution is -0.137. The van der Waals surface area contributed by atoms with Crippen molar-refractivity contribution in [2.75, 3.05) is 11.9 Å². The average molecular weight is 500 g/mol. The van der Waals surface area contributed by atoms with Gasteiger partial charge in [-0.1, -0.05) is 24.3 Å². The Balaban J connectivity index is 1.56. The normalized spacial score (nSPS) is 15.2. The van der Waals surface area contributed by atoms with Gasteiger partial charge in [0.05, 0.1) is 10.5 Å². The Morgan fingerprint density at radius 1 is 1.03 bits per heavy atom. The first-order valence-electron chi connectivity index (χ1n) is 10.5. The number of carbonyl (C=O) groups is 3. The Bertz CT molecular complexity index is 1350. The zero-order chi connectivity index (χ0) is 25.3. The molecule has 2 heterocycles. The van der Waals surface area contributed by atoms with E-state index >= 15 is 0 Å². The predicted molar refractivity (Wildman–Crippen MR) is 128 cm³/mol. The largest absolute Gasteiger partial charge is 0.416 e. The number of imide groups is 1. The van der Waals surface area contributed by atoms with Gasteiger partial charge in [0.2, 0.25) is 5.91 Å². The first-order chi connectivity index (χ1) is 16.5. The van der Waals surface area contributed by atoms with Crippen molar-refractivity contribution in [2.24, 2.45) is 0 Å². The predicted octanol–water partition coefficient (Wildman–Crippen LogP) is 5.79. The van der Waals surface area contributed by atoms with Crippen molar-refractivity contribution < 1.29 is 27.6 Å². The van der Waals surface area contributed by atoms with E-state index in [9.17, 15) is 27.6 Å². The van der Waals surface area contributed by atoms with E-state index in [4.69, 9.17) is 0 Å². The lowest BCUT2D eigenvalue weighted by Crippen LogP contribution is -2.36. The summed E-state index contributed by atoms with van der Waals surface area (Å²) >= 11 is 0.711. The molecule has 1 fully saturated rings. The van der Waals surface area contributed by atoms with Crippen LogP contribution in [0.2, 0.25) is 0 Å². The topological polar surface area (TPSA) is 71.4 Å². The van der Waals surface area contributed by atoms with Crippen LogP contribution in [-0.2, 0) is 15.8 Å². The fourth-order valence-electron chi connectivity index (χ4n) is 3.80. The van der Waals surface area contributed by atoms with Gasteiger partial charge < -0.3 is 9.88 Å². The molecule has 0 aliphatic carbocycles. The van der Waals surface area contributed by atoms with Crippen LogP contribution < -0.4 is 5.32 Å². The van der Waals surface area contributed by atoms with Gasteiger partial charge in [0.15, 0.2) is 0 Å². The number of hydrogen-bond acceptors (Lipinski definition) is 4. The Morgan fingerprint density at radius 2 is 1.74 bits per heavy atom. The van der Waals surface area contributed by atoms with Crippen molar-refractivity contribution in [3.8, 4) is 5.69 Å². The number of rotatable bonds is 5. The molecule has 3 aromatic rings. The molecule has 6 nitrogen and oxygen atoms in total. The number of nitrogens with zero attached hydrogens (tertiary/aromatic N) is 2. The van der Waals surface area contributed by atoms with Crippen molar-refractivity contribution in [1.82, 2.24) is 9.47 Å². The van der Waals surface area contributed by atoms with E-state index in [0.717, 1.165) is 17.0 Å². The molecule has 0 saturated carbocycles. The maximum atomic E-state index is 13.2. The average Bonchev–Trinajstić information content (AvgIpc) is 3.23. The molecule has 3 amide bonds. The molecular formula is C25H20F3N3O3S. The molecule has 1 N–H and O–H groups in total. The monoisotopic (exact) mass is 499 g/mol. The van der Waals surface area contributed by atoms with Crippen molar-refractivity contribution in [1.29, 1.82) is 0 Å². The van der Waals surface area contributed by atoms with E-state index in [1.807, 2.05) is 0 Å². The van der Waals surface area contributed by atoms with Gasteiger partial charge in [0.1, 0.15) is 6.54 Å². The second-order valence-electron chi connectivity index (χ2n) is 7.89. The van der Waals surface area contributed by atoms with Crippen LogP contribution in [0.5, 0.6) is 0 Å². The minimum atomic E-state index is -4.47. The van der Waals surface area contributed by atoms with E-state index in [2.05, 4.69) is 5.32 Å². The summed E-state index contributed by atoms with van der Waals surface area (Å²) in [4.78, 5) is 38.6. The summed E-state index contributed by atoms with van der Waals surface area (Å²) < 4.78 is 41.1. The summed E-state index contributed by atoms with van der Waals surface area (Å²) in [6.07, 6.45) is -2.95. The number of halogens is 3. The van der Waals surface area contributed by atoms with Gasteiger partial charge in [-0.15, -0.1) is 0 Å². The molecule has 35 heavy (non-hydrogen) atoms. The molecule has 180 valence electrons. The van der Waals surface area contributed by atoms with Crippen molar-refractivity contribution in [3.05, 3.63) is 88.1 Å². The molecule has 1 aliphatic heterocycles. The molecule has 2 aromatic carbocycles. The van der Waals surface area contributed by atoms with E-state index < -0.39 is 35.3 Å². The highest BCUT2D eigenvalue weighted by Gasteiger charge is 2.36. The second-order valence-corrected chi connectivity index (χ2v) is 8.89. The van der Waals surface area contributed by atoms with Crippen molar-refractivity contribution in [2.45, 2.75) is 20.0 Å². The molecule has 0 bridgehead atoms. The number of para-hydroxylation sites is 1. The number of hydrogen-bond donors (Lipinski definition) is 1. The van der Waals surface area contributed by atoms with E-state index in [-0.39, 0.29) is 4.91 Å². The summed E-state index contributed by atoms with van der Waals surface area (Å²) in [7, 11) is 0. The van der Waals surface area contributed by atoms with Crippen LogP contribution in [0.15, 0.2) is 65.6 Å². The maximum Gasteiger partial charge on any atom is 0.416 e. The third kappa shape index (κ3) is 5.17. The highest BCUT2D eigenvalue weighted by Crippen LogP contribution is 2.35. The Labute approximate surface area is 203 Å². The van der Waals surface area contributed by atoms with Gasteiger partial charge in [-0.25, -0.2) is 0 Å². The van der Waals surface area contributed by atoms with Gasteiger partial charge in [-0.05, 0) is 73.6 Å². The second kappa shape index (κ2) is 9.46. The lowest BCUT2D eigenvalue weighted by Gasteiger charge is -2.13. The third-order valence-corrected chi connectivity index (χ3v) is 6.33. The number of carbonyl (C=O) groups excluding carboxylic acids is 3. The minimum absolute atomic E-state index is 0.131. The van der Waals surface area contributed by atoms with Gasteiger partial charge in [-0.2, -0.15) is 13.2 Å². The molecule has 10 heteroatoms. The number of aryl methyl sites for hydroxylation is 1. The molecular weight excluding hydrogens is 479 g/mol. The van der Waals surface area contributed by atoms with Gasteiger partial charge in [0.25, 0.3) is 11.1 Å². The van der Waals surface area contributed by atoms with Crippen LogP contribution in [0.4, 0.5) is 23.7 Å². The maximum absolute atomic E-state index is 13.2. The van der Waals surface area contributed by atoms with E-state index in [1.54, 1.807) is 60.9 Å². The summed E-state index contributed by atoms with van der Waals surface area (Å²) in [5.41, 5.74) is 1.96. The molecule has 4 rings (SSSR count). The summed E-state index contributed by atoms with van der Waals surface area (Å²) in [6.45, 7) is 3.03. The number of nitrogens with one attached hydrogen (secondary N) is 1. The van der Waals surface area contributed by atoms with Crippen molar-refractivity contribution in [3.63, 3.8) is 0 Å². The zero-order valence-corrected chi connectivity index (χ0v) is 19.5. The smallest absolute Gasteiger partial charge is 0.325 e. The minimum Gasteiger partial charge on any atom is -0.325 e. The van der Waals surface area contributed by atoms with Crippen molar-refractivity contribution >= 4 is 40.6 Å². The summed E-state index contributed by atoms with van der Waals surface area (Å²) in [5.74, 6) is -1.12. The van der Waals surface area contributed by atoms with Crippen LogP contribution in [-0.4, -0.2) is 33.1 Å². The van der Waals surface area contributed by atoms with Gasteiger partial charge in [0, 0.05) is 22.8 Å². The quantitative estimate of drug-likeness (QED) is 0.451. The molecule has 0 atom stereocenters. The highest BCUT2D eigenvalue weighted by molar-refractivity contribution is 8.18. The number of anilines is 1. The molecule has 1 aromatic heterocycles. The Kier molecular flexibility index (Phi) is 6.58.